The Morgan fingerprint density at radius 1 is 0.537 bits per heavy atom. The van der Waals surface area contributed by atoms with Crippen molar-refractivity contribution in [3.63, 3.8) is 0 Å². The average molecular weight is 1270 g/mol. The number of anilines is 4. The fourth-order valence-electron chi connectivity index (χ4n) is 11.4. The number of rotatable bonds is 9. The van der Waals surface area contributed by atoms with Gasteiger partial charge in [-0.1, -0.05) is 208 Å². The fourth-order valence-corrected chi connectivity index (χ4v) is 11.4. The van der Waals surface area contributed by atoms with Crippen molar-refractivity contribution in [1.29, 1.82) is 0 Å². The zero-order chi connectivity index (χ0) is 71.7. The largest absolute Gasteiger partial charge is 0.509 e. The maximum absolute atomic E-state index is 9.97. The van der Waals surface area contributed by atoms with E-state index in [-0.39, 0.29) is 94.4 Å². The van der Waals surface area contributed by atoms with Crippen LogP contribution in [0.3, 0.4) is 0 Å². The van der Waals surface area contributed by atoms with Gasteiger partial charge < -0.3 is 19.1 Å². The van der Waals surface area contributed by atoms with E-state index in [1.165, 1.54) is 17.3 Å². The third kappa shape index (κ3) is 9.85. The summed E-state index contributed by atoms with van der Waals surface area (Å²) in [7, 11) is 0. The molecular weight excluding hydrogens is 1180 g/mol. The van der Waals surface area contributed by atoms with Gasteiger partial charge in [0.2, 0.25) is 0 Å². The van der Waals surface area contributed by atoms with Gasteiger partial charge in [-0.3, -0.25) is 0 Å². The molecule has 5 nitrogen and oxygen atoms in total. The van der Waals surface area contributed by atoms with Crippen molar-refractivity contribution < 1.29 is 50.5 Å². The summed E-state index contributed by atoms with van der Waals surface area (Å²) < 4.78 is 170. The number of pyridine rings is 1. The zero-order valence-corrected chi connectivity index (χ0v) is 49.5. The monoisotopic (exact) mass is 1270 g/mol. The van der Waals surface area contributed by atoms with Crippen molar-refractivity contribution in [3.8, 4) is 61.8 Å². The number of benzene rings is 9. The van der Waals surface area contributed by atoms with Crippen LogP contribution in [0.15, 0.2) is 206 Å². The third-order valence-electron chi connectivity index (χ3n) is 15.9. The first-order chi connectivity index (χ1) is 46.4. The summed E-state index contributed by atoms with van der Waals surface area (Å²) in [6, 6.07) is 26.0. The minimum atomic E-state index is -0.736. The maximum Gasteiger partial charge on any atom is 0.135 e. The summed E-state index contributed by atoms with van der Waals surface area (Å²) in [5.41, 5.74) is 6.01. The Morgan fingerprint density at radius 2 is 1.13 bits per heavy atom. The van der Waals surface area contributed by atoms with Crippen LogP contribution in [-0.2, 0) is 42.7 Å². The molecule has 1 aliphatic carbocycles. The van der Waals surface area contributed by atoms with Crippen LogP contribution in [0.2, 0.25) is 0 Å². The third-order valence-corrected chi connectivity index (χ3v) is 15.9. The Balaban J connectivity index is 0.00000948. The predicted molar refractivity (Wildman–Crippen MR) is 339 cm³/mol. The van der Waals surface area contributed by atoms with Gasteiger partial charge in [-0.15, -0.1) is 48.1 Å². The first kappa shape index (κ1) is 37.2. The molecule has 2 aromatic heterocycles. The predicted octanol–water partition coefficient (Wildman–Crippen LogP) is 20.6. The zero-order valence-electron chi connectivity index (χ0n) is 65.2. The first-order valence-electron chi connectivity index (χ1n) is 36.2. The average Bonchev–Trinajstić information content (AvgIpc) is 1.38. The molecule has 0 amide bonds. The van der Waals surface area contributed by atoms with E-state index in [9.17, 15) is 8.22 Å². The van der Waals surface area contributed by atoms with Crippen LogP contribution in [0.1, 0.15) is 129 Å². The normalized spacial score (nSPS) is 17.7. The van der Waals surface area contributed by atoms with E-state index in [0.717, 1.165) is 24.0 Å². The van der Waals surface area contributed by atoms with Crippen LogP contribution in [0.5, 0.6) is 11.5 Å². The molecule has 0 saturated heterocycles. The quantitative estimate of drug-likeness (QED) is 0.135. The number of hydrogen-bond donors (Lipinski definition) is 0. The van der Waals surface area contributed by atoms with Crippen molar-refractivity contribution in [2.45, 2.75) is 104 Å². The van der Waals surface area contributed by atoms with E-state index >= 15 is 0 Å². The molecule has 82 heavy (non-hydrogen) atoms. The second-order valence-corrected chi connectivity index (χ2v) is 24.3. The van der Waals surface area contributed by atoms with Crippen LogP contribution < -0.4 is 14.5 Å². The van der Waals surface area contributed by atoms with E-state index in [4.69, 9.17) is 26.2 Å². The van der Waals surface area contributed by atoms with Gasteiger partial charge in [-0.05, 0) is 126 Å². The molecule has 412 valence electrons. The Kier molecular flexibility index (Phi) is 9.42. The molecule has 0 N–H and O–H groups in total. The molecule has 3 heterocycles. The van der Waals surface area contributed by atoms with Gasteiger partial charge in [0.25, 0.3) is 0 Å². The van der Waals surface area contributed by atoms with Crippen molar-refractivity contribution in [2.24, 2.45) is 0 Å². The van der Waals surface area contributed by atoms with Crippen LogP contribution in [0.4, 0.5) is 22.7 Å². The van der Waals surface area contributed by atoms with Gasteiger partial charge in [-0.25, -0.2) is 4.98 Å². The molecule has 0 saturated carbocycles. The Bertz CT molecular complexity index is 5240. The van der Waals surface area contributed by atoms with E-state index in [0.29, 0.717) is 44.8 Å². The van der Waals surface area contributed by atoms with Crippen LogP contribution in [0, 0.1) is 18.8 Å². The topological polar surface area (TPSA) is 33.5 Å². The summed E-state index contributed by atoms with van der Waals surface area (Å²) >= 11 is 0. The van der Waals surface area contributed by atoms with Gasteiger partial charge in [0.1, 0.15) is 5.82 Å². The summed E-state index contributed by atoms with van der Waals surface area (Å²) in [6.45, 7) is 22.8. The van der Waals surface area contributed by atoms with Gasteiger partial charge in [-0.2, -0.15) is 12.1 Å². The van der Waals surface area contributed by atoms with Crippen LogP contribution in [-0.4, -0.2) is 9.55 Å². The number of fused-ring (bicyclic) bond motifs is 5. The molecule has 0 atom stereocenters. The number of para-hydroxylation sites is 3. The molecule has 0 fully saturated rings. The summed E-state index contributed by atoms with van der Waals surface area (Å²) in [5.74, 6) is 0.587. The van der Waals surface area contributed by atoms with Crippen molar-refractivity contribution in [1.82, 2.24) is 9.55 Å². The van der Waals surface area contributed by atoms with Gasteiger partial charge in [0.05, 0.1) is 24.7 Å². The Morgan fingerprint density at radius 3 is 1.83 bits per heavy atom. The number of ether oxygens (including phenoxy) is 1. The van der Waals surface area contributed by atoms with Gasteiger partial charge in [0.15, 0.2) is 0 Å². The van der Waals surface area contributed by atoms with Crippen molar-refractivity contribution in [2.75, 3.05) is 9.80 Å². The Labute approximate surface area is 524 Å². The molecule has 0 spiro atoms. The molecule has 6 heteroatoms. The molecule has 2 aliphatic rings. The molecule has 13 rings (SSSR count). The van der Waals surface area contributed by atoms with Gasteiger partial charge in [0, 0.05) is 78.0 Å². The molecule has 9 aromatic carbocycles. The maximum atomic E-state index is 9.97. The number of hydrogen-bond acceptors (Lipinski definition) is 4. The molecule has 0 unspecified atom stereocenters. The molecule has 0 radical (unpaired) electrons. The molecule has 1 aliphatic heterocycles. The summed E-state index contributed by atoms with van der Waals surface area (Å²) in [6.07, 6.45) is 3.34. The second-order valence-electron chi connectivity index (χ2n) is 24.3. The van der Waals surface area contributed by atoms with Crippen molar-refractivity contribution in [3.05, 3.63) is 247 Å². The van der Waals surface area contributed by atoms with Crippen molar-refractivity contribution >= 4 is 44.6 Å². The van der Waals surface area contributed by atoms with E-state index < -0.39 is 119 Å². The molecular formula is C76H69N4OPt-3. The summed E-state index contributed by atoms with van der Waals surface area (Å²) in [5, 5.41) is 0.589. The van der Waals surface area contributed by atoms with E-state index in [1.54, 1.807) is 34.9 Å². The SMILES string of the molecule is [2H]c1c([2H])c([2H])c(-c2cnc(-n3c4[c-]c(Oc5[c-]c(N6[CH-]N(c7c(-c8ccc9c(c8)C(C)(C)CCC9(C)C)cc(C(C)(C)C)cc7-c7c([2H])c([2H])c(-c8c([2H])c([2H])c([2H])c([2H])c8[2H])c([2H])c7[2H])c7ccccc76)ccc5)ccc4c4c([2H])c([2H])c([2H])c([2H])c43)cc2C(C)(C)C)c([2H])c1[2H].[Pt]. The minimum Gasteiger partial charge on any atom is -0.509 e. The smallest absolute Gasteiger partial charge is 0.135 e. The fraction of sp³-hybridized carbons (Fsp3) is 0.211. The van der Waals surface area contributed by atoms with Gasteiger partial charge >= 0.3 is 0 Å². The number of nitrogens with zero attached hydrogens (tertiary/aromatic N) is 4. The van der Waals surface area contributed by atoms with E-state index in [2.05, 4.69) is 84.9 Å². The first-order valence-corrected chi connectivity index (χ1v) is 27.2. The standard InChI is InChI=1S/C76H69N4O.Pt/c1-73(2,3)55-43-61(53-34-32-51(33-35-53)50-22-13-11-14-23-50)72(62(44-55)54-36-39-64-66(42-54)76(9,10)41-40-75(64,7)8)79-49-78(68-30-19-20-31-69(68)79)56-26-21-27-57(45-56)81-58-37-38-60-59-28-17-18-29-67(59)80(70(60)46-58)71-47-65(74(4,5)6)63(48-77-71)52-24-15-12-16-25-52;/h11-39,42-44,47-49H,40-41H2,1-10H3;/q-3;/i11D,12D,13D,14D,15D,16D,17D,18D,22D,23D,24D,25D,28D,29D,32D,33D,34D,35D;. The van der Waals surface area contributed by atoms with Crippen LogP contribution in [0.25, 0.3) is 72.1 Å². The van der Waals surface area contributed by atoms with Crippen LogP contribution >= 0.6 is 0 Å². The van der Waals surface area contributed by atoms with E-state index in [1.807, 2.05) is 73.6 Å². The number of aromatic nitrogens is 2. The minimum absolute atomic E-state index is 0. The summed E-state index contributed by atoms with van der Waals surface area (Å²) in [4.78, 5) is 8.73. The Hall–Kier alpha value is -7.98. The second kappa shape index (κ2) is 20.8. The molecule has 11 aromatic rings. The molecule has 0 bridgehead atoms.